The van der Waals surface area contributed by atoms with Crippen LogP contribution in [0, 0.1) is 17.0 Å². The van der Waals surface area contributed by atoms with Gasteiger partial charge >= 0.3 is 0 Å². The first-order chi connectivity index (χ1) is 9.79. The maximum atomic E-state index is 12.1. The zero-order valence-electron chi connectivity index (χ0n) is 10.9. The zero-order valence-corrected chi connectivity index (χ0v) is 11.8. The van der Waals surface area contributed by atoms with Crippen molar-refractivity contribution in [1.82, 2.24) is 9.88 Å². The van der Waals surface area contributed by atoms with Crippen molar-refractivity contribution in [2.45, 2.75) is 18.4 Å². The van der Waals surface area contributed by atoms with Crippen LogP contribution in [-0.4, -0.2) is 18.5 Å². The summed E-state index contributed by atoms with van der Waals surface area (Å²) in [6, 6.07) is 4.92. The second-order valence-corrected chi connectivity index (χ2v) is 5.97. The van der Waals surface area contributed by atoms with Crippen molar-refractivity contribution in [2.24, 2.45) is 0 Å². The Morgan fingerprint density at radius 3 is 2.71 bits per heavy atom. The average molecular weight is 312 g/mol. The summed E-state index contributed by atoms with van der Waals surface area (Å²) in [4.78, 5) is 9.67. The van der Waals surface area contributed by atoms with Gasteiger partial charge in [0.1, 0.15) is 5.76 Å². The third-order valence-electron chi connectivity index (χ3n) is 2.59. The normalized spacial score (nSPS) is 11.5. The van der Waals surface area contributed by atoms with Gasteiger partial charge in [-0.15, -0.1) is 0 Å². The predicted octanol–water partition coefficient (Wildman–Crippen LogP) is 0.952. The monoisotopic (exact) mass is 312 g/mol. The molecule has 0 radical (unpaired) electrons. The van der Waals surface area contributed by atoms with Crippen LogP contribution in [0.5, 0.6) is 0 Å². The predicted molar refractivity (Wildman–Crippen MR) is 72.8 cm³/mol. The fourth-order valence-electron chi connectivity index (χ4n) is 1.65. The van der Waals surface area contributed by atoms with Crippen molar-refractivity contribution in [3.8, 4) is 0 Å². The highest BCUT2D eigenvalue weighted by atomic mass is 32.2. The van der Waals surface area contributed by atoms with E-state index in [2.05, 4.69) is 9.88 Å². The Hall–Kier alpha value is -2.46. The molecule has 0 unspecified atom stereocenters. The minimum Gasteiger partial charge on any atom is -0.399 e. The third kappa shape index (κ3) is 3.35. The van der Waals surface area contributed by atoms with Crippen LogP contribution in [0.4, 0.5) is 11.4 Å². The highest BCUT2D eigenvalue weighted by Crippen LogP contribution is 2.25. The van der Waals surface area contributed by atoms with Gasteiger partial charge in [0.25, 0.3) is 5.69 Å². The molecule has 112 valence electrons. The largest absolute Gasteiger partial charge is 0.399 e. The number of rotatable bonds is 5. The van der Waals surface area contributed by atoms with E-state index in [1.165, 1.54) is 6.07 Å². The van der Waals surface area contributed by atoms with E-state index in [9.17, 15) is 18.5 Å². The lowest BCUT2D eigenvalue weighted by Gasteiger charge is -2.06. The lowest BCUT2D eigenvalue weighted by atomic mass is 10.3. The number of nitrogens with zero attached hydrogens (tertiary/aromatic N) is 2. The Bertz CT molecular complexity index is 784. The fourth-order valence-corrected chi connectivity index (χ4v) is 2.80. The number of benzene rings is 1. The Labute approximate surface area is 119 Å². The summed E-state index contributed by atoms with van der Waals surface area (Å²) in [7, 11) is -4.07. The minimum atomic E-state index is -4.07. The van der Waals surface area contributed by atoms with Crippen LogP contribution in [0.3, 0.4) is 0 Å². The summed E-state index contributed by atoms with van der Waals surface area (Å²) in [5.41, 5.74) is 5.32. The Kier molecular flexibility index (Phi) is 3.91. The molecule has 10 heteroatoms. The smallest absolute Gasteiger partial charge is 0.291 e. The van der Waals surface area contributed by atoms with Gasteiger partial charge in [-0.1, -0.05) is 5.16 Å². The molecule has 0 spiro atoms. The van der Waals surface area contributed by atoms with Gasteiger partial charge in [-0.05, 0) is 19.1 Å². The fraction of sp³-hybridized carbons (Fsp3) is 0.182. The first-order valence-electron chi connectivity index (χ1n) is 5.75. The molecule has 0 fully saturated rings. The first-order valence-corrected chi connectivity index (χ1v) is 7.23. The lowest BCUT2D eigenvalue weighted by Crippen LogP contribution is -2.24. The van der Waals surface area contributed by atoms with E-state index in [4.69, 9.17) is 10.3 Å². The maximum Gasteiger partial charge on any atom is 0.291 e. The summed E-state index contributed by atoms with van der Waals surface area (Å²) in [6.07, 6.45) is 0. The van der Waals surface area contributed by atoms with E-state index < -0.39 is 25.5 Å². The number of nitro groups is 1. The highest BCUT2D eigenvalue weighted by molar-refractivity contribution is 7.89. The van der Waals surface area contributed by atoms with Gasteiger partial charge in [-0.25, -0.2) is 13.1 Å². The molecule has 0 bridgehead atoms. The topological polar surface area (TPSA) is 141 Å². The van der Waals surface area contributed by atoms with E-state index >= 15 is 0 Å². The molecule has 1 aromatic carbocycles. The number of hydrogen-bond acceptors (Lipinski definition) is 7. The average Bonchev–Trinajstić information content (AvgIpc) is 2.82. The van der Waals surface area contributed by atoms with Gasteiger partial charge in [0.05, 0.1) is 17.2 Å². The van der Waals surface area contributed by atoms with Crippen LogP contribution in [0.15, 0.2) is 33.7 Å². The van der Waals surface area contributed by atoms with Gasteiger partial charge in [-0.3, -0.25) is 10.1 Å². The minimum absolute atomic E-state index is 0.104. The summed E-state index contributed by atoms with van der Waals surface area (Å²) in [6.45, 7) is 1.52. The molecule has 0 atom stereocenters. The van der Waals surface area contributed by atoms with Crippen molar-refractivity contribution in [3.05, 3.63) is 45.8 Å². The summed E-state index contributed by atoms with van der Waals surface area (Å²) >= 11 is 0. The van der Waals surface area contributed by atoms with E-state index in [0.29, 0.717) is 11.5 Å². The molecule has 0 aliphatic rings. The van der Waals surface area contributed by atoms with Gasteiger partial charge in [0.15, 0.2) is 4.90 Å². The number of aromatic nitrogens is 1. The van der Waals surface area contributed by atoms with Crippen molar-refractivity contribution in [3.63, 3.8) is 0 Å². The number of nitro benzene ring substituents is 1. The number of anilines is 1. The lowest BCUT2D eigenvalue weighted by molar-refractivity contribution is -0.387. The van der Waals surface area contributed by atoms with Crippen LogP contribution >= 0.6 is 0 Å². The van der Waals surface area contributed by atoms with Crippen molar-refractivity contribution < 1.29 is 17.9 Å². The SMILES string of the molecule is Cc1cc(CNS(=O)(=O)c2ccc(N)cc2[N+](=O)[O-])no1. The number of sulfonamides is 1. The number of hydrogen-bond donors (Lipinski definition) is 2. The number of nitrogens with two attached hydrogens (primary N) is 1. The molecular weight excluding hydrogens is 300 g/mol. The molecule has 1 aromatic heterocycles. The summed E-state index contributed by atoms with van der Waals surface area (Å²) in [5.74, 6) is 0.530. The Morgan fingerprint density at radius 1 is 1.43 bits per heavy atom. The van der Waals surface area contributed by atoms with Gasteiger partial charge in [0, 0.05) is 17.8 Å². The van der Waals surface area contributed by atoms with Crippen molar-refractivity contribution in [1.29, 1.82) is 0 Å². The van der Waals surface area contributed by atoms with Crippen LogP contribution in [-0.2, 0) is 16.6 Å². The molecule has 2 rings (SSSR count). The van der Waals surface area contributed by atoms with Crippen LogP contribution in [0.1, 0.15) is 11.5 Å². The summed E-state index contributed by atoms with van der Waals surface area (Å²) in [5, 5.41) is 14.6. The van der Waals surface area contributed by atoms with Crippen molar-refractivity contribution >= 4 is 21.4 Å². The van der Waals surface area contributed by atoms with Gasteiger partial charge in [-0.2, -0.15) is 0 Å². The second kappa shape index (κ2) is 5.50. The van der Waals surface area contributed by atoms with E-state index in [0.717, 1.165) is 12.1 Å². The maximum absolute atomic E-state index is 12.1. The zero-order chi connectivity index (χ0) is 15.6. The molecule has 2 aromatic rings. The Morgan fingerprint density at radius 2 is 2.14 bits per heavy atom. The third-order valence-corrected chi connectivity index (χ3v) is 4.04. The Balaban J connectivity index is 2.29. The quantitative estimate of drug-likeness (QED) is 0.475. The molecule has 3 N–H and O–H groups in total. The van der Waals surface area contributed by atoms with E-state index in [-0.39, 0.29) is 12.2 Å². The first kappa shape index (κ1) is 14.9. The molecule has 1 heterocycles. The van der Waals surface area contributed by atoms with Crippen LogP contribution in [0.25, 0.3) is 0 Å². The van der Waals surface area contributed by atoms with Gasteiger partial charge in [0.2, 0.25) is 10.0 Å². The molecule has 0 saturated heterocycles. The highest BCUT2D eigenvalue weighted by Gasteiger charge is 2.25. The molecule has 9 nitrogen and oxygen atoms in total. The standard InChI is InChI=1S/C11H12N4O5S/c1-7-4-9(14-20-7)6-13-21(18,19)11-3-2-8(12)5-10(11)15(16)17/h2-5,13H,6,12H2,1H3. The number of aryl methyl sites for hydroxylation is 1. The van der Waals surface area contributed by atoms with Crippen LogP contribution in [0.2, 0.25) is 0 Å². The summed E-state index contributed by atoms with van der Waals surface area (Å²) < 4.78 is 31.3. The molecule has 0 saturated carbocycles. The molecule has 0 aliphatic heterocycles. The van der Waals surface area contributed by atoms with Crippen molar-refractivity contribution in [2.75, 3.05) is 5.73 Å². The molecule has 0 aliphatic carbocycles. The molecular formula is C11H12N4O5S. The van der Waals surface area contributed by atoms with E-state index in [1.54, 1.807) is 13.0 Å². The number of nitrogen functional groups attached to an aromatic ring is 1. The number of nitrogens with one attached hydrogen (secondary N) is 1. The van der Waals surface area contributed by atoms with E-state index in [1.807, 2.05) is 0 Å². The molecule has 0 amide bonds. The second-order valence-electron chi connectivity index (χ2n) is 4.24. The molecule has 21 heavy (non-hydrogen) atoms. The van der Waals surface area contributed by atoms with Crippen LogP contribution < -0.4 is 10.5 Å². The van der Waals surface area contributed by atoms with Gasteiger partial charge < -0.3 is 10.3 Å².